The van der Waals surface area contributed by atoms with Crippen LogP contribution in [0, 0.1) is 0 Å². The van der Waals surface area contributed by atoms with Crippen LogP contribution in [0.15, 0.2) is 12.2 Å². The highest BCUT2D eigenvalue weighted by Crippen LogP contribution is 2.22. The van der Waals surface area contributed by atoms with Crippen LogP contribution in [0.2, 0.25) is 0 Å². The third-order valence-corrected chi connectivity index (χ3v) is 9.36. The third-order valence-electron chi connectivity index (χ3n) is 9.36. The fourth-order valence-electron chi connectivity index (χ4n) is 6.15. The minimum Gasteiger partial charge on any atom is -0.394 e. The summed E-state index contributed by atoms with van der Waals surface area (Å²) in [6.07, 6.45) is 23.9. The van der Waals surface area contributed by atoms with Gasteiger partial charge in [0.05, 0.1) is 25.4 Å². The average molecular weight is 672 g/mol. The number of aliphatic hydroxyl groups is 5. The summed E-state index contributed by atoms with van der Waals surface area (Å²) in [6.45, 7) is 3.73. The summed E-state index contributed by atoms with van der Waals surface area (Å²) in [4.78, 5) is 12.8. The first-order valence-electron chi connectivity index (χ1n) is 19.4. The van der Waals surface area contributed by atoms with Gasteiger partial charge in [0, 0.05) is 6.42 Å². The molecule has 278 valence electrons. The lowest BCUT2D eigenvalue weighted by Gasteiger charge is -2.40. The molecule has 9 nitrogen and oxygen atoms in total. The highest BCUT2D eigenvalue weighted by Gasteiger charge is 2.44. The fraction of sp³-hybridized carbons (Fsp3) is 0.921. The minimum atomic E-state index is -1.56. The van der Waals surface area contributed by atoms with Crippen molar-refractivity contribution in [3.05, 3.63) is 12.2 Å². The van der Waals surface area contributed by atoms with E-state index in [9.17, 15) is 30.3 Å². The molecule has 7 unspecified atom stereocenters. The molecule has 0 saturated carbocycles. The molecular formula is C38H73NO8. The molecule has 0 bridgehead atoms. The quantitative estimate of drug-likeness (QED) is 0.0357. The average Bonchev–Trinajstić information content (AvgIpc) is 3.07. The Balaban J connectivity index is 2.45. The summed E-state index contributed by atoms with van der Waals surface area (Å²) in [5, 5.41) is 53.8. The molecule has 0 radical (unpaired) electrons. The highest BCUT2D eigenvalue weighted by molar-refractivity contribution is 5.76. The predicted molar refractivity (Wildman–Crippen MR) is 189 cm³/mol. The smallest absolute Gasteiger partial charge is 0.220 e. The highest BCUT2D eigenvalue weighted by atomic mass is 16.7. The number of rotatable bonds is 31. The zero-order valence-corrected chi connectivity index (χ0v) is 30.0. The lowest BCUT2D eigenvalue weighted by molar-refractivity contribution is -0.302. The number of aliphatic hydroxyl groups excluding tert-OH is 5. The summed E-state index contributed by atoms with van der Waals surface area (Å²) in [5.41, 5.74) is 0. The van der Waals surface area contributed by atoms with E-state index in [-0.39, 0.29) is 12.5 Å². The van der Waals surface area contributed by atoms with Crippen molar-refractivity contribution in [2.24, 2.45) is 0 Å². The molecule has 7 atom stereocenters. The molecule has 47 heavy (non-hydrogen) atoms. The van der Waals surface area contributed by atoms with Crippen molar-refractivity contribution in [1.29, 1.82) is 0 Å². The van der Waals surface area contributed by atoms with Crippen LogP contribution < -0.4 is 5.32 Å². The molecule has 6 N–H and O–H groups in total. The minimum absolute atomic E-state index is 0.179. The summed E-state index contributed by atoms with van der Waals surface area (Å²) in [5.74, 6) is -0.179. The maximum absolute atomic E-state index is 12.8. The van der Waals surface area contributed by atoms with Crippen LogP contribution in [0.25, 0.3) is 0 Å². The summed E-state index contributed by atoms with van der Waals surface area (Å²) in [7, 11) is 0. The van der Waals surface area contributed by atoms with Crippen molar-refractivity contribution in [3.8, 4) is 0 Å². The predicted octanol–water partition coefficient (Wildman–Crippen LogP) is 6.61. The van der Waals surface area contributed by atoms with E-state index in [0.29, 0.717) is 6.42 Å². The van der Waals surface area contributed by atoms with Gasteiger partial charge in [-0.3, -0.25) is 4.79 Å². The molecule has 1 rings (SSSR count). The van der Waals surface area contributed by atoms with Crippen molar-refractivity contribution in [1.82, 2.24) is 5.32 Å². The molecule has 1 amide bonds. The number of hydrogen-bond donors (Lipinski definition) is 6. The second kappa shape index (κ2) is 29.8. The Bertz CT molecular complexity index is 751. The number of ether oxygens (including phenoxy) is 2. The van der Waals surface area contributed by atoms with E-state index in [0.717, 1.165) is 38.5 Å². The third kappa shape index (κ3) is 21.6. The summed E-state index contributed by atoms with van der Waals surface area (Å²) in [6, 6.07) is -0.795. The molecule has 9 heteroatoms. The number of amides is 1. The Hall–Kier alpha value is -1.07. The summed E-state index contributed by atoms with van der Waals surface area (Å²) >= 11 is 0. The van der Waals surface area contributed by atoms with Gasteiger partial charge in [-0.25, -0.2) is 0 Å². The van der Waals surface area contributed by atoms with Crippen LogP contribution >= 0.6 is 0 Å². The van der Waals surface area contributed by atoms with Crippen molar-refractivity contribution in [3.63, 3.8) is 0 Å². The van der Waals surface area contributed by atoms with E-state index >= 15 is 0 Å². The largest absolute Gasteiger partial charge is 0.394 e. The van der Waals surface area contributed by atoms with Gasteiger partial charge in [-0.1, -0.05) is 154 Å². The number of unbranched alkanes of at least 4 members (excludes halogenated alkanes) is 21. The Morgan fingerprint density at radius 3 is 1.66 bits per heavy atom. The SMILES string of the molecule is CCCCCCCCCCCC=CC(O)C(COC1OC(CO)C(O)C(O)C1O)NC(=O)CCCCCCCCCCCCCCC. The van der Waals surface area contributed by atoms with Gasteiger partial charge in [-0.2, -0.15) is 0 Å². The van der Waals surface area contributed by atoms with E-state index < -0.39 is 49.5 Å². The van der Waals surface area contributed by atoms with Gasteiger partial charge in [0.15, 0.2) is 6.29 Å². The fourth-order valence-corrected chi connectivity index (χ4v) is 6.15. The van der Waals surface area contributed by atoms with Crippen LogP contribution in [0.3, 0.4) is 0 Å². The standard InChI is InChI=1S/C38H73NO8/c1-3-5-7-9-11-13-15-16-18-20-22-24-26-28-34(42)39-31(30-46-38-37(45)36(44)35(43)33(29-40)47-38)32(41)27-25-23-21-19-17-14-12-10-8-6-4-2/h25,27,31-33,35-38,40-41,43-45H,3-24,26,28-30H2,1-2H3,(H,39,42). The lowest BCUT2D eigenvalue weighted by atomic mass is 9.99. The van der Waals surface area contributed by atoms with Gasteiger partial charge in [-0.15, -0.1) is 0 Å². The van der Waals surface area contributed by atoms with Gasteiger partial charge in [-0.05, 0) is 19.3 Å². The molecular weight excluding hydrogens is 598 g/mol. The van der Waals surface area contributed by atoms with Crippen molar-refractivity contribution in [2.75, 3.05) is 13.2 Å². The number of carbonyl (C=O) groups excluding carboxylic acids is 1. The van der Waals surface area contributed by atoms with Crippen LogP contribution in [-0.2, 0) is 14.3 Å². The van der Waals surface area contributed by atoms with Crippen molar-refractivity contribution < 1.29 is 39.8 Å². The molecule has 0 aromatic heterocycles. The van der Waals surface area contributed by atoms with Gasteiger partial charge in [0.1, 0.15) is 24.4 Å². The zero-order chi connectivity index (χ0) is 34.5. The molecule has 1 fully saturated rings. The summed E-state index contributed by atoms with van der Waals surface area (Å²) < 4.78 is 11.1. The number of nitrogens with one attached hydrogen (secondary N) is 1. The van der Waals surface area contributed by atoms with Crippen LogP contribution in [0.5, 0.6) is 0 Å². The van der Waals surface area contributed by atoms with Crippen LogP contribution in [0.1, 0.15) is 168 Å². The van der Waals surface area contributed by atoms with Crippen LogP contribution in [-0.4, -0.2) is 87.5 Å². The maximum atomic E-state index is 12.8. The van der Waals surface area contributed by atoms with E-state index in [4.69, 9.17) is 9.47 Å². The Morgan fingerprint density at radius 2 is 1.17 bits per heavy atom. The normalized spacial score (nSPS) is 22.9. The van der Waals surface area contributed by atoms with E-state index in [1.807, 2.05) is 6.08 Å². The Kier molecular flexibility index (Phi) is 27.9. The first-order valence-corrected chi connectivity index (χ1v) is 19.4. The molecule has 1 aliphatic rings. The van der Waals surface area contributed by atoms with Gasteiger partial charge in [0.2, 0.25) is 5.91 Å². The molecule has 1 heterocycles. The lowest BCUT2D eigenvalue weighted by Crippen LogP contribution is -2.60. The number of carbonyl (C=O) groups is 1. The molecule has 1 aliphatic heterocycles. The first kappa shape index (κ1) is 44.0. The topological polar surface area (TPSA) is 149 Å². The monoisotopic (exact) mass is 672 g/mol. The molecule has 0 aromatic rings. The number of allylic oxidation sites excluding steroid dienone is 1. The van der Waals surface area contributed by atoms with E-state index in [1.165, 1.54) is 109 Å². The van der Waals surface area contributed by atoms with Crippen LogP contribution in [0.4, 0.5) is 0 Å². The van der Waals surface area contributed by atoms with E-state index in [2.05, 4.69) is 19.2 Å². The molecule has 0 spiro atoms. The first-order chi connectivity index (χ1) is 22.8. The van der Waals surface area contributed by atoms with Crippen molar-refractivity contribution in [2.45, 2.75) is 211 Å². The van der Waals surface area contributed by atoms with Gasteiger partial charge >= 0.3 is 0 Å². The van der Waals surface area contributed by atoms with Gasteiger partial charge < -0.3 is 40.3 Å². The van der Waals surface area contributed by atoms with E-state index in [1.54, 1.807) is 6.08 Å². The molecule has 0 aromatic carbocycles. The maximum Gasteiger partial charge on any atom is 0.220 e. The second-order valence-corrected chi connectivity index (χ2v) is 13.7. The number of hydrogen-bond acceptors (Lipinski definition) is 8. The van der Waals surface area contributed by atoms with Gasteiger partial charge in [0.25, 0.3) is 0 Å². The Morgan fingerprint density at radius 1 is 0.702 bits per heavy atom. The Labute approximate surface area is 286 Å². The zero-order valence-electron chi connectivity index (χ0n) is 30.0. The van der Waals surface area contributed by atoms with Crippen molar-refractivity contribution >= 4 is 5.91 Å². The molecule has 0 aliphatic carbocycles. The second-order valence-electron chi connectivity index (χ2n) is 13.7. The molecule has 1 saturated heterocycles.